The highest BCUT2D eigenvalue weighted by Crippen LogP contribution is 2.22. The van der Waals surface area contributed by atoms with Crippen LogP contribution in [0, 0.1) is 6.92 Å². The Morgan fingerprint density at radius 1 is 1.42 bits per heavy atom. The Morgan fingerprint density at radius 2 is 2.26 bits per heavy atom. The van der Waals surface area contributed by atoms with Gasteiger partial charge in [-0.05, 0) is 24.5 Å². The summed E-state index contributed by atoms with van der Waals surface area (Å²) < 4.78 is 5.27. The van der Waals surface area contributed by atoms with Crippen molar-refractivity contribution in [3.05, 3.63) is 47.1 Å². The third kappa shape index (κ3) is 2.67. The fourth-order valence-corrected chi connectivity index (χ4v) is 2.36. The third-order valence-corrected chi connectivity index (χ3v) is 3.50. The first-order valence-corrected chi connectivity index (χ1v) is 6.51. The summed E-state index contributed by atoms with van der Waals surface area (Å²) in [5.41, 5.74) is 2.43. The molecule has 0 aliphatic carbocycles. The molecule has 1 fully saturated rings. The number of β-amino-alcohol motifs (C(OH)–C–C–N with tert-alkyl or cyclic N) is 1. The summed E-state index contributed by atoms with van der Waals surface area (Å²) in [6, 6.07) is 8.16. The van der Waals surface area contributed by atoms with E-state index in [1.807, 2.05) is 12.1 Å². The molecule has 1 aliphatic heterocycles. The van der Waals surface area contributed by atoms with Crippen LogP contribution >= 0.6 is 0 Å². The van der Waals surface area contributed by atoms with Crippen LogP contribution in [0.2, 0.25) is 0 Å². The van der Waals surface area contributed by atoms with Crippen molar-refractivity contribution >= 4 is 0 Å². The number of aryl methyl sites for hydroxylation is 1. The van der Waals surface area contributed by atoms with Gasteiger partial charge in [-0.2, -0.15) is 4.98 Å². The van der Waals surface area contributed by atoms with Crippen LogP contribution in [0.25, 0.3) is 0 Å². The van der Waals surface area contributed by atoms with E-state index in [-0.39, 0.29) is 12.1 Å². The largest absolute Gasteiger partial charge is 0.392 e. The Hall–Kier alpha value is -1.72. The molecule has 1 aliphatic rings. The zero-order valence-corrected chi connectivity index (χ0v) is 10.8. The van der Waals surface area contributed by atoms with Gasteiger partial charge in [-0.25, -0.2) is 0 Å². The minimum absolute atomic E-state index is 0.0203. The molecule has 100 valence electrons. The van der Waals surface area contributed by atoms with Gasteiger partial charge in [0.15, 0.2) is 5.82 Å². The van der Waals surface area contributed by atoms with Gasteiger partial charge in [-0.3, -0.25) is 0 Å². The van der Waals surface area contributed by atoms with E-state index in [1.165, 1.54) is 11.1 Å². The molecule has 0 spiro atoms. The summed E-state index contributed by atoms with van der Waals surface area (Å²) in [6.45, 7) is 2.66. The lowest BCUT2D eigenvalue weighted by Gasteiger charge is -2.02. The quantitative estimate of drug-likeness (QED) is 0.871. The molecule has 0 unspecified atom stereocenters. The molecule has 2 atom stereocenters. The van der Waals surface area contributed by atoms with E-state index in [9.17, 15) is 5.11 Å². The topological polar surface area (TPSA) is 71.2 Å². The number of hydrogen-bond donors (Lipinski definition) is 2. The molecular formula is C14H17N3O2. The van der Waals surface area contributed by atoms with E-state index >= 15 is 0 Å². The lowest BCUT2D eigenvalue weighted by molar-refractivity contribution is 0.191. The maximum atomic E-state index is 9.49. The lowest BCUT2D eigenvalue weighted by Crippen LogP contribution is -2.15. The van der Waals surface area contributed by atoms with Crippen LogP contribution in [-0.4, -0.2) is 27.9 Å². The van der Waals surface area contributed by atoms with Gasteiger partial charge in [0, 0.05) is 13.0 Å². The lowest BCUT2D eigenvalue weighted by atomic mass is 10.1. The predicted molar refractivity (Wildman–Crippen MR) is 69.7 cm³/mol. The van der Waals surface area contributed by atoms with Crippen molar-refractivity contribution in [3.63, 3.8) is 0 Å². The fraction of sp³-hybridized carbons (Fsp3) is 0.429. The van der Waals surface area contributed by atoms with Gasteiger partial charge in [0.25, 0.3) is 0 Å². The zero-order valence-electron chi connectivity index (χ0n) is 10.8. The first-order chi connectivity index (χ1) is 9.22. The number of hydrogen-bond acceptors (Lipinski definition) is 5. The Morgan fingerprint density at radius 3 is 3.00 bits per heavy atom. The smallest absolute Gasteiger partial charge is 0.243 e. The van der Waals surface area contributed by atoms with E-state index < -0.39 is 0 Å². The molecule has 2 N–H and O–H groups in total. The summed E-state index contributed by atoms with van der Waals surface area (Å²) in [5, 5.41) is 16.7. The van der Waals surface area contributed by atoms with Crippen molar-refractivity contribution in [2.24, 2.45) is 0 Å². The fourth-order valence-electron chi connectivity index (χ4n) is 2.36. The summed E-state index contributed by atoms with van der Waals surface area (Å²) in [4.78, 5) is 4.41. The second-order valence-electron chi connectivity index (χ2n) is 5.00. The van der Waals surface area contributed by atoms with Crippen LogP contribution in [0.1, 0.15) is 35.3 Å². The van der Waals surface area contributed by atoms with Crippen molar-refractivity contribution < 1.29 is 9.63 Å². The number of nitrogens with zero attached hydrogens (tertiary/aromatic N) is 2. The van der Waals surface area contributed by atoms with Crippen molar-refractivity contribution in [1.82, 2.24) is 15.5 Å². The number of aliphatic hydroxyl groups excluding tert-OH is 1. The maximum Gasteiger partial charge on any atom is 0.243 e. The van der Waals surface area contributed by atoms with E-state index in [0.717, 1.165) is 0 Å². The van der Waals surface area contributed by atoms with Crippen LogP contribution in [0.3, 0.4) is 0 Å². The van der Waals surface area contributed by atoms with Gasteiger partial charge in [0.1, 0.15) is 0 Å². The molecule has 0 saturated carbocycles. The standard InChI is InChI=1S/C14H17N3O2/c1-9-4-2-3-5-10(9)6-13-16-14(19-17-13)12-7-11(18)8-15-12/h2-5,11-12,15,18H,6-8H2,1H3/t11-,12+/m1/s1. The second kappa shape index (κ2) is 5.11. The highest BCUT2D eigenvalue weighted by atomic mass is 16.5. The molecule has 1 saturated heterocycles. The molecule has 3 rings (SSSR count). The Bertz CT molecular complexity index is 567. The van der Waals surface area contributed by atoms with Crippen LogP contribution < -0.4 is 5.32 Å². The summed E-state index contributed by atoms with van der Waals surface area (Å²) in [5.74, 6) is 1.26. The summed E-state index contributed by atoms with van der Waals surface area (Å²) >= 11 is 0. The first-order valence-electron chi connectivity index (χ1n) is 6.51. The van der Waals surface area contributed by atoms with Gasteiger partial charge in [0.2, 0.25) is 5.89 Å². The average molecular weight is 259 g/mol. The second-order valence-corrected chi connectivity index (χ2v) is 5.00. The molecule has 2 aromatic rings. The monoisotopic (exact) mass is 259 g/mol. The van der Waals surface area contributed by atoms with E-state index in [4.69, 9.17) is 4.52 Å². The molecule has 5 nitrogen and oxygen atoms in total. The molecular weight excluding hydrogens is 242 g/mol. The molecule has 0 bridgehead atoms. The van der Waals surface area contributed by atoms with Crippen LogP contribution in [0.5, 0.6) is 0 Å². The van der Waals surface area contributed by atoms with Crippen molar-refractivity contribution in [1.29, 1.82) is 0 Å². The highest BCUT2D eigenvalue weighted by Gasteiger charge is 2.28. The number of nitrogens with one attached hydrogen (secondary N) is 1. The minimum atomic E-state index is -0.322. The summed E-state index contributed by atoms with van der Waals surface area (Å²) in [6.07, 6.45) is 0.981. The minimum Gasteiger partial charge on any atom is -0.392 e. The van der Waals surface area contributed by atoms with Gasteiger partial charge < -0.3 is 14.9 Å². The molecule has 0 amide bonds. The SMILES string of the molecule is Cc1ccccc1Cc1noc([C@@H]2C[C@@H](O)CN2)n1. The summed E-state index contributed by atoms with van der Waals surface area (Å²) in [7, 11) is 0. The molecule has 1 aromatic heterocycles. The Balaban J connectivity index is 1.73. The van der Waals surface area contributed by atoms with Crippen LogP contribution in [0.4, 0.5) is 0 Å². The van der Waals surface area contributed by atoms with E-state index in [1.54, 1.807) is 0 Å². The number of rotatable bonds is 3. The van der Waals surface area contributed by atoms with E-state index in [2.05, 4.69) is 34.5 Å². The Kier molecular flexibility index (Phi) is 3.31. The number of aromatic nitrogens is 2. The average Bonchev–Trinajstić information content (AvgIpc) is 3.01. The van der Waals surface area contributed by atoms with Gasteiger partial charge in [-0.15, -0.1) is 0 Å². The molecule has 19 heavy (non-hydrogen) atoms. The predicted octanol–water partition coefficient (Wildman–Crippen LogP) is 1.36. The molecule has 2 heterocycles. The normalized spacial score (nSPS) is 22.8. The highest BCUT2D eigenvalue weighted by molar-refractivity contribution is 5.28. The molecule has 1 aromatic carbocycles. The van der Waals surface area contributed by atoms with Crippen molar-refractivity contribution in [3.8, 4) is 0 Å². The van der Waals surface area contributed by atoms with Crippen LogP contribution in [-0.2, 0) is 6.42 Å². The number of aliphatic hydroxyl groups is 1. The van der Waals surface area contributed by atoms with Crippen LogP contribution in [0.15, 0.2) is 28.8 Å². The van der Waals surface area contributed by atoms with Crippen molar-refractivity contribution in [2.45, 2.75) is 31.9 Å². The molecule has 0 radical (unpaired) electrons. The Labute approximate surface area is 111 Å². The van der Waals surface area contributed by atoms with Gasteiger partial charge in [-0.1, -0.05) is 29.4 Å². The first kappa shape index (κ1) is 12.3. The number of benzene rings is 1. The third-order valence-electron chi connectivity index (χ3n) is 3.50. The maximum absolute atomic E-state index is 9.49. The zero-order chi connectivity index (χ0) is 13.2. The van der Waals surface area contributed by atoms with Gasteiger partial charge >= 0.3 is 0 Å². The van der Waals surface area contributed by atoms with Crippen molar-refractivity contribution in [2.75, 3.05) is 6.54 Å². The van der Waals surface area contributed by atoms with Gasteiger partial charge in [0.05, 0.1) is 12.1 Å². The molecule has 5 heteroatoms. The van der Waals surface area contributed by atoms with E-state index in [0.29, 0.717) is 31.1 Å².